The van der Waals surface area contributed by atoms with Gasteiger partial charge in [0.15, 0.2) is 5.15 Å². The number of nitrogens with one attached hydrogen (secondary N) is 2. The molecule has 0 bridgehead atoms. The molecule has 0 radical (unpaired) electrons. The van der Waals surface area contributed by atoms with Crippen LogP contribution in [0, 0.1) is 12.8 Å². The molecule has 2 atom stereocenters. The van der Waals surface area contributed by atoms with E-state index in [1.165, 1.54) is 0 Å². The van der Waals surface area contributed by atoms with Crippen molar-refractivity contribution in [1.82, 2.24) is 14.6 Å². The summed E-state index contributed by atoms with van der Waals surface area (Å²) >= 11 is 6.02. The highest BCUT2D eigenvalue weighted by Gasteiger charge is 2.28. The van der Waals surface area contributed by atoms with E-state index in [0.717, 1.165) is 24.9 Å². The number of sulfonamides is 1. The number of likely N-dealkylation sites (tertiary alicyclic amines) is 1. The maximum atomic E-state index is 12.6. The first kappa shape index (κ1) is 22.7. The Hall–Kier alpha value is -2.00. The summed E-state index contributed by atoms with van der Waals surface area (Å²) in [7, 11) is -3.55. The topological polar surface area (TPSA) is 91.4 Å². The molecule has 0 saturated carbocycles. The van der Waals surface area contributed by atoms with Crippen LogP contribution in [0.25, 0.3) is 0 Å². The molecule has 1 amide bonds. The number of rotatable bonds is 7. The van der Waals surface area contributed by atoms with Gasteiger partial charge in [0.05, 0.1) is 16.6 Å². The molecular formula is C21H27ClN4O3S. The highest BCUT2D eigenvalue weighted by atomic mass is 35.5. The highest BCUT2D eigenvalue weighted by Crippen LogP contribution is 2.21. The van der Waals surface area contributed by atoms with Crippen LogP contribution in [0.1, 0.15) is 25.3 Å². The number of carbonyl (C=O) groups is 1. The molecule has 9 heteroatoms. The molecule has 0 spiro atoms. The van der Waals surface area contributed by atoms with E-state index in [1.807, 2.05) is 13.8 Å². The Balaban J connectivity index is 1.56. The number of pyridine rings is 1. The lowest BCUT2D eigenvalue weighted by Gasteiger charge is -2.36. The average molecular weight is 451 g/mol. The Morgan fingerprint density at radius 1 is 1.30 bits per heavy atom. The number of benzene rings is 1. The first-order chi connectivity index (χ1) is 14.3. The molecule has 162 valence electrons. The fourth-order valence-electron chi connectivity index (χ4n) is 3.53. The number of amides is 1. The van der Waals surface area contributed by atoms with Gasteiger partial charge in [0, 0.05) is 19.3 Å². The lowest BCUT2D eigenvalue weighted by Crippen LogP contribution is -2.49. The van der Waals surface area contributed by atoms with Crippen molar-refractivity contribution in [2.24, 2.45) is 5.92 Å². The first-order valence-electron chi connectivity index (χ1n) is 9.98. The summed E-state index contributed by atoms with van der Waals surface area (Å²) in [5.41, 5.74) is 1.49. The van der Waals surface area contributed by atoms with Gasteiger partial charge in [0.1, 0.15) is 0 Å². The summed E-state index contributed by atoms with van der Waals surface area (Å²) in [6, 6.07) is 9.85. The van der Waals surface area contributed by atoms with E-state index in [1.54, 1.807) is 42.6 Å². The summed E-state index contributed by atoms with van der Waals surface area (Å²) < 4.78 is 27.8. The average Bonchev–Trinajstić information content (AvgIpc) is 2.74. The summed E-state index contributed by atoms with van der Waals surface area (Å²) in [6.07, 6.45) is 3.38. The number of carbonyl (C=O) groups excluding carboxylic acids is 1. The van der Waals surface area contributed by atoms with E-state index >= 15 is 0 Å². The second-order valence-corrected chi connectivity index (χ2v) is 9.80. The zero-order chi connectivity index (χ0) is 21.7. The maximum absolute atomic E-state index is 12.6. The number of halogens is 1. The Morgan fingerprint density at radius 3 is 2.73 bits per heavy atom. The minimum atomic E-state index is -3.55. The Morgan fingerprint density at radius 2 is 2.03 bits per heavy atom. The number of aryl methyl sites for hydroxylation is 1. The number of aromatic nitrogens is 1. The SMILES string of the molecule is Cc1ccc(S(=O)(=O)NCC2CCCN(C(C)C(=O)Nc3cccnc3Cl)C2)cc1. The summed E-state index contributed by atoms with van der Waals surface area (Å²) in [5, 5.41) is 3.07. The maximum Gasteiger partial charge on any atom is 0.241 e. The van der Waals surface area contributed by atoms with Crippen LogP contribution in [-0.4, -0.2) is 49.9 Å². The van der Waals surface area contributed by atoms with Crippen molar-refractivity contribution in [1.29, 1.82) is 0 Å². The Kier molecular flexibility index (Phi) is 7.46. The molecule has 2 heterocycles. The molecule has 0 aliphatic carbocycles. The van der Waals surface area contributed by atoms with Gasteiger partial charge in [-0.3, -0.25) is 9.69 Å². The van der Waals surface area contributed by atoms with Gasteiger partial charge in [-0.1, -0.05) is 29.3 Å². The molecule has 1 aromatic heterocycles. The fraction of sp³-hybridized carbons (Fsp3) is 0.429. The lowest BCUT2D eigenvalue weighted by molar-refractivity contribution is -0.121. The largest absolute Gasteiger partial charge is 0.322 e. The van der Waals surface area contributed by atoms with Gasteiger partial charge in [0.2, 0.25) is 15.9 Å². The minimum Gasteiger partial charge on any atom is -0.322 e. The third kappa shape index (κ3) is 5.78. The molecule has 1 fully saturated rings. The molecule has 3 rings (SSSR count). The predicted molar refractivity (Wildman–Crippen MR) is 118 cm³/mol. The summed E-state index contributed by atoms with van der Waals surface area (Å²) in [5.74, 6) is -0.0259. The highest BCUT2D eigenvalue weighted by molar-refractivity contribution is 7.89. The third-order valence-electron chi connectivity index (χ3n) is 5.39. The summed E-state index contributed by atoms with van der Waals surface area (Å²) in [4.78, 5) is 19.0. The monoisotopic (exact) mass is 450 g/mol. The van der Waals surface area contributed by atoms with Crippen molar-refractivity contribution in [3.05, 3.63) is 53.3 Å². The van der Waals surface area contributed by atoms with Crippen LogP contribution in [0.2, 0.25) is 5.15 Å². The van der Waals surface area contributed by atoms with Crippen molar-refractivity contribution in [3.63, 3.8) is 0 Å². The quantitative estimate of drug-likeness (QED) is 0.632. The molecule has 1 saturated heterocycles. The second-order valence-electron chi connectivity index (χ2n) is 7.68. The minimum absolute atomic E-state index is 0.135. The fourth-order valence-corrected chi connectivity index (χ4v) is 4.81. The van der Waals surface area contributed by atoms with E-state index in [4.69, 9.17) is 11.6 Å². The van der Waals surface area contributed by atoms with E-state index in [9.17, 15) is 13.2 Å². The first-order valence-corrected chi connectivity index (χ1v) is 11.8. The lowest BCUT2D eigenvalue weighted by atomic mass is 9.97. The molecule has 2 unspecified atom stereocenters. The van der Waals surface area contributed by atoms with E-state index in [-0.39, 0.29) is 27.9 Å². The standard InChI is InChI=1S/C21H27ClN4O3S/c1-15-7-9-18(10-8-15)30(28,29)24-13-17-5-4-12-26(14-17)16(2)21(27)25-19-6-3-11-23-20(19)22/h3,6-11,16-17,24H,4-5,12-14H2,1-2H3,(H,25,27). The van der Waals surface area contributed by atoms with Gasteiger partial charge in [0.25, 0.3) is 0 Å². The molecule has 2 N–H and O–H groups in total. The zero-order valence-electron chi connectivity index (χ0n) is 17.1. The van der Waals surface area contributed by atoms with Crippen LogP contribution in [-0.2, 0) is 14.8 Å². The van der Waals surface area contributed by atoms with Gasteiger partial charge in [-0.25, -0.2) is 18.1 Å². The van der Waals surface area contributed by atoms with Gasteiger partial charge in [-0.05, 0) is 63.4 Å². The van der Waals surface area contributed by atoms with Gasteiger partial charge in [-0.2, -0.15) is 0 Å². The normalized spacial score (nSPS) is 18.7. The Bertz CT molecular complexity index is 982. The summed E-state index contributed by atoms with van der Waals surface area (Å²) in [6.45, 7) is 5.54. The van der Waals surface area contributed by atoms with E-state index in [0.29, 0.717) is 18.8 Å². The van der Waals surface area contributed by atoms with Crippen LogP contribution in [0.3, 0.4) is 0 Å². The molecular weight excluding hydrogens is 424 g/mol. The van der Waals surface area contributed by atoms with Gasteiger partial charge in [-0.15, -0.1) is 0 Å². The van der Waals surface area contributed by atoms with Crippen molar-refractivity contribution in [3.8, 4) is 0 Å². The number of hydrogen-bond donors (Lipinski definition) is 2. The van der Waals surface area contributed by atoms with E-state index in [2.05, 4.69) is 19.9 Å². The molecule has 30 heavy (non-hydrogen) atoms. The molecule has 2 aromatic rings. The van der Waals surface area contributed by atoms with Crippen LogP contribution >= 0.6 is 11.6 Å². The van der Waals surface area contributed by atoms with Crippen molar-refractivity contribution < 1.29 is 13.2 Å². The second kappa shape index (κ2) is 9.87. The van der Waals surface area contributed by atoms with Gasteiger partial charge >= 0.3 is 0 Å². The predicted octanol–water partition coefficient (Wildman–Crippen LogP) is 3.06. The van der Waals surface area contributed by atoms with Crippen LogP contribution < -0.4 is 10.0 Å². The number of piperidine rings is 1. The van der Waals surface area contributed by atoms with Crippen molar-refractivity contribution in [2.45, 2.75) is 37.6 Å². The Labute approximate surface area is 182 Å². The smallest absolute Gasteiger partial charge is 0.241 e. The van der Waals surface area contributed by atoms with Gasteiger partial charge < -0.3 is 5.32 Å². The molecule has 1 aromatic carbocycles. The molecule has 1 aliphatic heterocycles. The molecule has 1 aliphatic rings. The van der Waals surface area contributed by atoms with Crippen LogP contribution in [0.5, 0.6) is 0 Å². The van der Waals surface area contributed by atoms with Crippen molar-refractivity contribution >= 4 is 33.2 Å². The number of anilines is 1. The molecule has 7 nitrogen and oxygen atoms in total. The van der Waals surface area contributed by atoms with Crippen LogP contribution in [0.4, 0.5) is 5.69 Å². The van der Waals surface area contributed by atoms with Crippen molar-refractivity contribution in [2.75, 3.05) is 25.0 Å². The van der Waals surface area contributed by atoms with E-state index < -0.39 is 10.0 Å². The van der Waals surface area contributed by atoms with Crippen LogP contribution in [0.15, 0.2) is 47.5 Å². The third-order valence-corrected chi connectivity index (χ3v) is 7.13. The number of nitrogens with zero attached hydrogens (tertiary/aromatic N) is 2. The zero-order valence-corrected chi connectivity index (χ0v) is 18.7. The number of hydrogen-bond acceptors (Lipinski definition) is 5.